The van der Waals surface area contributed by atoms with Gasteiger partial charge >= 0.3 is 5.97 Å². The van der Waals surface area contributed by atoms with Gasteiger partial charge in [-0.3, -0.25) is 4.79 Å². The molecule has 1 rings (SSSR count). The van der Waals surface area contributed by atoms with Crippen LogP contribution in [0.2, 0.25) is 0 Å². The van der Waals surface area contributed by atoms with Crippen molar-refractivity contribution in [3.05, 3.63) is 0 Å². The summed E-state index contributed by atoms with van der Waals surface area (Å²) in [7, 11) is 1.46. The predicted molar refractivity (Wildman–Crippen MR) is 53.8 cm³/mol. The average Bonchev–Trinajstić information content (AvgIpc) is 2.26. The second-order valence-corrected chi connectivity index (χ2v) is 4.11. The highest BCUT2D eigenvalue weighted by molar-refractivity contribution is 5.72. The minimum atomic E-state index is -0.0504. The summed E-state index contributed by atoms with van der Waals surface area (Å²) < 4.78 is 4.73. The molecule has 1 fully saturated rings. The lowest BCUT2D eigenvalue weighted by Crippen LogP contribution is -2.22. The molecule has 0 aromatic rings. The molecule has 3 heteroatoms. The zero-order chi connectivity index (χ0) is 10.4. The fourth-order valence-corrected chi connectivity index (χ4v) is 2.23. The van der Waals surface area contributed by atoms with Crippen molar-refractivity contribution in [1.82, 2.24) is 0 Å². The summed E-state index contributed by atoms with van der Waals surface area (Å²) in [6.07, 6.45) is 6.14. The van der Waals surface area contributed by atoms with Gasteiger partial charge in [-0.2, -0.15) is 0 Å². The first-order chi connectivity index (χ1) is 6.77. The van der Waals surface area contributed by atoms with Gasteiger partial charge in [0.25, 0.3) is 0 Å². The molecule has 0 amide bonds. The number of aliphatic hydroxyl groups is 1. The Morgan fingerprint density at radius 2 is 2.00 bits per heavy atom. The SMILES string of the molecule is COC(=O)C1CCC(CCCO)CC1. The van der Waals surface area contributed by atoms with E-state index in [1.165, 1.54) is 7.11 Å². The lowest BCUT2D eigenvalue weighted by Gasteiger charge is -2.26. The van der Waals surface area contributed by atoms with Gasteiger partial charge in [0.15, 0.2) is 0 Å². The Morgan fingerprint density at radius 3 is 2.50 bits per heavy atom. The fourth-order valence-electron chi connectivity index (χ4n) is 2.23. The summed E-state index contributed by atoms with van der Waals surface area (Å²) >= 11 is 0. The van der Waals surface area contributed by atoms with Crippen molar-refractivity contribution in [2.75, 3.05) is 13.7 Å². The van der Waals surface area contributed by atoms with Crippen molar-refractivity contribution in [3.63, 3.8) is 0 Å². The first-order valence-corrected chi connectivity index (χ1v) is 5.46. The molecule has 0 unspecified atom stereocenters. The molecule has 0 heterocycles. The standard InChI is InChI=1S/C11H20O3/c1-14-11(13)10-6-4-9(5-7-10)3-2-8-12/h9-10,12H,2-8H2,1H3. The fraction of sp³-hybridized carbons (Fsp3) is 0.909. The van der Waals surface area contributed by atoms with E-state index in [4.69, 9.17) is 9.84 Å². The van der Waals surface area contributed by atoms with E-state index in [0.29, 0.717) is 5.92 Å². The van der Waals surface area contributed by atoms with Crippen molar-refractivity contribution in [1.29, 1.82) is 0 Å². The Morgan fingerprint density at radius 1 is 1.36 bits per heavy atom. The zero-order valence-electron chi connectivity index (χ0n) is 8.87. The number of methoxy groups -OCH3 is 1. The number of hydrogen-bond donors (Lipinski definition) is 1. The van der Waals surface area contributed by atoms with E-state index in [1.807, 2.05) is 0 Å². The van der Waals surface area contributed by atoms with E-state index >= 15 is 0 Å². The highest BCUT2D eigenvalue weighted by Gasteiger charge is 2.26. The van der Waals surface area contributed by atoms with Gasteiger partial charge in [0, 0.05) is 6.61 Å². The number of esters is 1. The summed E-state index contributed by atoms with van der Waals surface area (Å²) in [5.74, 6) is 0.791. The zero-order valence-corrected chi connectivity index (χ0v) is 8.87. The lowest BCUT2D eigenvalue weighted by atomic mass is 9.80. The van der Waals surface area contributed by atoms with Crippen LogP contribution in [-0.2, 0) is 9.53 Å². The molecular formula is C11H20O3. The summed E-state index contributed by atoms with van der Waals surface area (Å²) in [6.45, 7) is 0.289. The molecule has 0 aromatic heterocycles. The maximum atomic E-state index is 11.2. The molecule has 0 atom stereocenters. The van der Waals surface area contributed by atoms with E-state index in [1.54, 1.807) is 0 Å². The van der Waals surface area contributed by atoms with Gasteiger partial charge in [0.1, 0.15) is 0 Å². The van der Waals surface area contributed by atoms with Gasteiger partial charge in [0.05, 0.1) is 13.0 Å². The summed E-state index contributed by atoms with van der Waals surface area (Å²) in [4.78, 5) is 11.2. The Labute approximate surface area is 85.5 Å². The second kappa shape index (κ2) is 6.02. The van der Waals surface area contributed by atoms with E-state index in [9.17, 15) is 4.79 Å². The van der Waals surface area contributed by atoms with Crippen LogP contribution < -0.4 is 0 Å². The van der Waals surface area contributed by atoms with Gasteiger partial charge in [-0.15, -0.1) is 0 Å². The normalized spacial score (nSPS) is 27.3. The topological polar surface area (TPSA) is 46.5 Å². The van der Waals surface area contributed by atoms with Crippen LogP contribution in [-0.4, -0.2) is 24.8 Å². The number of carbonyl (C=O) groups excluding carboxylic acids is 1. The molecule has 3 nitrogen and oxygen atoms in total. The van der Waals surface area contributed by atoms with Crippen LogP contribution in [0.25, 0.3) is 0 Å². The van der Waals surface area contributed by atoms with Crippen LogP contribution in [0.4, 0.5) is 0 Å². The van der Waals surface area contributed by atoms with Crippen molar-refractivity contribution in [2.45, 2.75) is 38.5 Å². The summed E-state index contributed by atoms with van der Waals surface area (Å²) in [5.41, 5.74) is 0. The Bertz CT molecular complexity index is 171. The molecule has 0 spiro atoms. The second-order valence-electron chi connectivity index (χ2n) is 4.11. The lowest BCUT2D eigenvalue weighted by molar-refractivity contribution is -0.146. The molecular weight excluding hydrogens is 180 g/mol. The number of carbonyl (C=O) groups is 1. The summed E-state index contributed by atoms with van der Waals surface area (Å²) in [5, 5.41) is 8.70. The molecule has 0 saturated heterocycles. The number of aliphatic hydroxyl groups excluding tert-OH is 1. The Balaban J connectivity index is 2.20. The molecule has 0 radical (unpaired) electrons. The minimum Gasteiger partial charge on any atom is -0.469 e. The van der Waals surface area contributed by atoms with Gasteiger partial charge in [-0.05, 0) is 44.4 Å². The smallest absolute Gasteiger partial charge is 0.308 e. The third-order valence-electron chi connectivity index (χ3n) is 3.15. The molecule has 0 aromatic carbocycles. The first kappa shape index (κ1) is 11.5. The summed E-state index contributed by atoms with van der Waals surface area (Å²) in [6, 6.07) is 0. The maximum Gasteiger partial charge on any atom is 0.308 e. The van der Waals surface area contributed by atoms with E-state index in [-0.39, 0.29) is 18.5 Å². The van der Waals surface area contributed by atoms with Gasteiger partial charge < -0.3 is 9.84 Å². The largest absolute Gasteiger partial charge is 0.469 e. The quantitative estimate of drug-likeness (QED) is 0.703. The van der Waals surface area contributed by atoms with Crippen molar-refractivity contribution in [3.8, 4) is 0 Å². The molecule has 0 bridgehead atoms. The Hall–Kier alpha value is -0.570. The molecule has 0 aliphatic heterocycles. The van der Waals surface area contributed by atoms with Crippen LogP contribution >= 0.6 is 0 Å². The van der Waals surface area contributed by atoms with Gasteiger partial charge in [-0.1, -0.05) is 0 Å². The molecule has 82 valence electrons. The highest BCUT2D eigenvalue weighted by Crippen LogP contribution is 2.31. The van der Waals surface area contributed by atoms with Crippen molar-refractivity contribution in [2.24, 2.45) is 11.8 Å². The Kier molecular flexibility index (Phi) is 4.94. The van der Waals surface area contributed by atoms with Gasteiger partial charge in [-0.25, -0.2) is 0 Å². The van der Waals surface area contributed by atoms with Crippen LogP contribution in [0, 0.1) is 11.8 Å². The van der Waals surface area contributed by atoms with Crippen LogP contribution in [0.3, 0.4) is 0 Å². The average molecular weight is 200 g/mol. The minimum absolute atomic E-state index is 0.0504. The predicted octanol–water partition coefficient (Wildman–Crippen LogP) is 1.74. The van der Waals surface area contributed by atoms with Crippen LogP contribution in [0.1, 0.15) is 38.5 Å². The molecule has 14 heavy (non-hydrogen) atoms. The number of rotatable bonds is 4. The van der Waals surface area contributed by atoms with Crippen molar-refractivity contribution >= 4 is 5.97 Å². The monoisotopic (exact) mass is 200 g/mol. The molecule has 1 saturated carbocycles. The molecule has 1 aliphatic carbocycles. The van der Waals surface area contributed by atoms with Gasteiger partial charge in [0.2, 0.25) is 0 Å². The number of ether oxygens (including phenoxy) is 1. The van der Waals surface area contributed by atoms with E-state index in [0.717, 1.165) is 38.5 Å². The first-order valence-electron chi connectivity index (χ1n) is 5.46. The van der Waals surface area contributed by atoms with Crippen LogP contribution in [0.15, 0.2) is 0 Å². The molecule has 1 N–H and O–H groups in total. The van der Waals surface area contributed by atoms with Crippen molar-refractivity contribution < 1.29 is 14.6 Å². The third kappa shape index (κ3) is 3.29. The van der Waals surface area contributed by atoms with E-state index < -0.39 is 0 Å². The highest BCUT2D eigenvalue weighted by atomic mass is 16.5. The van der Waals surface area contributed by atoms with E-state index in [2.05, 4.69) is 0 Å². The number of hydrogen-bond acceptors (Lipinski definition) is 3. The van der Waals surface area contributed by atoms with Crippen LogP contribution in [0.5, 0.6) is 0 Å². The third-order valence-corrected chi connectivity index (χ3v) is 3.15. The maximum absolute atomic E-state index is 11.2. The molecule has 1 aliphatic rings.